The second kappa shape index (κ2) is 7.09. The highest BCUT2D eigenvalue weighted by Gasteiger charge is 2.12. The van der Waals surface area contributed by atoms with E-state index in [-0.39, 0.29) is 5.57 Å². The van der Waals surface area contributed by atoms with Gasteiger partial charge in [0.25, 0.3) is 5.91 Å². The minimum atomic E-state index is -0.433. The van der Waals surface area contributed by atoms with Crippen molar-refractivity contribution in [1.29, 1.82) is 5.26 Å². The van der Waals surface area contributed by atoms with Crippen molar-refractivity contribution in [2.75, 3.05) is 13.7 Å². The van der Waals surface area contributed by atoms with Gasteiger partial charge in [-0.15, -0.1) is 6.58 Å². The van der Waals surface area contributed by atoms with Crippen molar-refractivity contribution < 1.29 is 9.53 Å². The van der Waals surface area contributed by atoms with Gasteiger partial charge in [-0.1, -0.05) is 36.4 Å². The number of carbonyl (C=O) groups excluding carboxylic acids is 1. The summed E-state index contributed by atoms with van der Waals surface area (Å²) in [6, 6.07) is 13.4. The van der Waals surface area contributed by atoms with E-state index in [2.05, 4.69) is 11.9 Å². The van der Waals surface area contributed by atoms with Gasteiger partial charge in [-0.2, -0.15) is 5.26 Å². The van der Waals surface area contributed by atoms with Gasteiger partial charge in [0.1, 0.15) is 17.4 Å². The second-order valence-corrected chi connectivity index (χ2v) is 4.57. The molecule has 0 aromatic heterocycles. The van der Waals surface area contributed by atoms with Crippen molar-refractivity contribution in [3.63, 3.8) is 0 Å². The molecule has 2 aromatic rings. The molecule has 110 valence electrons. The Morgan fingerprint density at radius 3 is 2.82 bits per heavy atom. The van der Waals surface area contributed by atoms with E-state index in [1.54, 1.807) is 19.3 Å². The van der Waals surface area contributed by atoms with Crippen LogP contribution >= 0.6 is 0 Å². The fraction of sp³-hybridized carbons (Fsp3) is 0.111. The standard InChI is InChI=1S/C18H16N2O2/c1-3-10-20-18(21)14(12-19)11-16-15-7-5-4-6-13(15)8-9-17(16)22-2/h3-9,11H,1,10H2,2H3,(H,20,21)/b14-11-. The summed E-state index contributed by atoms with van der Waals surface area (Å²) in [5.74, 6) is 0.181. The lowest BCUT2D eigenvalue weighted by Gasteiger charge is -2.09. The van der Waals surface area contributed by atoms with Crippen LogP contribution in [0.5, 0.6) is 5.75 Å². The van der Waals surface area contributed by atoms with E-state index in [9.17, 15) is 10.1 Å². The number of nitriles is 1. The average molecular weight is 292 g/mol. The van der Waals surface area contributed by atoms with Crippen molar-refractivity contribution in [2.24, 2.45) is 0 Å². The van der Waals surface area contributed by atoms with Crippen LogP contribution in [0.2, 0.25) is 0 Å². The fourth-order valence-corrected chi connectivity index (χ4v) is 2.16. The summed E-state index contributed by atoms with van der Waals surface area (Å²) < 4.78 is 5.36. The maximum atomic E-state index is 12.0. The Labute approximate surface area is 129 Å². The lowest BCUT2D eigenvalue weighted by molar-refractivity contribution is -0.116. The first-order valence-corrected chi connectivity index (χ1v) is 6.78. The smallest absolute Gasteiger partial charge is 0.262 e. The SMILES string of the molecule is C=CCNC(=O)/C(C#N)=C\c1c(OC)ccc2ccccc12. The van der Waals surface area contributed by atoms with Crippen LogP contribution in [0.4, 0.5) is 0 Å². The molecule has 0 aliphatic rings. The van der Waals surface area contributed by atoms with E-state index in [4.69, 9.17) is 4.74 Å². The summed E-state index contributed by atoms with van der Waals surface area (Å²) in [6.07, 6.45) is 3.12. The number of nitrogens with one attached hydrogen (secondary N) is 1. The molecule has 0 radical (unpaired) electrons. The summed E-state index contributed by atoms with van der Waals surface area (Å²) in [4.78, 5) is 12.0. The molecule has 0 atom stereocenters. The first-order chi connectivity index (χ1) is 10.7. The van der Waals surface area contributed by atoms with Gasteiger partial charge in [-0.25, -0.2) is 0 Å². The van der Waals surface area contributed by atoms with E-state index in [1.807, 2.05) is 42.5 Å². The number of hydrogen-bond acceptors (Lipinski definition) is 3. The Morgan fingerprint density at radius 1 is 1.36 bits per heavy atom. The van der Waals surface area contributed by atoms with Crippen molar-refractivity contribution in [2.45, 2.75) is 0 Å². The van der Waals surface area contributed by atoms with Crippen LogP contribution in [0.15, 0.2) is 54.6 Å². The zero-order chi connectivity index (χ0) is 15.9. The van der Waals surface area contributed by atoms with E-state index in [0.717, 1.165) is 10.8 Å². The number of fused-ring (bicyclic) bond motifs is 1. The predicted octanol–water partition coefficient (Wildman–Crippen LogP) is 3.06. The average Bonchev–Trinajstić information content (AvgIpc) is 2.57. The molecule has 0 saturated carbocycles. The highest BCUT2D eigenvalue weighted by Crippen LogP contribution is 2.30. The van der Waals surface area contributed by atoms with Gasteiger partial charge in [0.2, 0.25) is 0 Å². The zero-order valence-electron chi connectivity index (χ0n) is 12.3. The van der Waals surface area contributed by atoms with E-state index in [0.29, 0.717) is 17.9 Å². The first-order valence-electron chi connectivity index (χ1n) is 6.78. The molecule has 0 bridgehead atoms. The molecular formula is C18H16N2O2. The summed E-state index contributed by atoms with van der Waals surface area (Å²) in [5.41, 5.74) is 0.738. The van der Waals surface area contributed by atoms with Crippen LogP contribution in [0, 0.1) is 11.3 Å². The normalized spacial score (nSPS) is 10.8. The molecule has 1 N–H and O–H groups in total. The van der Waals surface area contributed by atoms with Crippen LogP contribution in [-0.4, -0.2) is 19.6 Å². The zero-order valence-corrected chi connectivity index (χ0v) is 12.3. The fourth-order valence-electron chi connectivity index (χ4n) is 2.16. The minimum Gasteiger partial charge on any atom is -0.496 e. The van der Waals surface area contributed by atoms with Gasteiger partial charge in [-0.05, 0) is 22.9 Å². The second-order valence-electron chi connectivity index (χ2n) is 4.57. The molecule has 2 rings (SSSR count). The highest BCUT2D eigenvalue weighted by molar-refractivity contribution is 6.05. The molecular weight excluding hydrogens is 276 g/mol. The Morgan fingerprint density at radius 2 is 2.14 bits per heavy atom. The number of benzene rings is 2. The van der Waals surface area contributed by atoms with E-state index in [1.165, 1.54) is 0 Å². The summed E-state index contributed by atoms with van der Waals surface area (Å²) in [7, 11) is 1.56. The first kappa shape index (κ1) is 15.3. The lowest BCUT2D eigenvalue weighted by atomic mass is 10.0. The predicted molar refractivity (Wildman–Crippen MR) is 87.3 cm³/mol. The summed E-state index contributed by atoms with van der Waals surface area (Å²) in [5, 5.41) is 13.8. The quantitative estimate of drug-likeness (QED) is 0.523. The molecule has 0 fully saturated rings. The number of amides is 1. The van der Waals surface area contributed by atoms with Gasteiger partial charge >= 0.3 is 0 Å². The molecule has 1 amide bonds. The monoisotopic (exact) mass is 292 g/mol. The number of ether oxygens (including phenoxy) is 1. The molecule has 0 unspecified atom stereocenters. The van der Waals surface area contributed by atoms with Gasteiger partial charge < -0.3 is 10.1 Å². The molecule has 4 heteroatoms. The van der Waals surface area contributed by atoms with Crippen LogP contribution < -0.4 is 10.1 Å². The Hall–Kier alpha value is -3.06. The molecule has 22 heavy (non-hydrogen) atoms. The lowest BCUT2D eigenvalue weighted by Crippen LogP contribution is -2.24. The van der Waals surface area contributed by atoms with Gasteiger partial charge in [0.15, 0.2) is 0 Å². The minimum absolute atomic E-state index is 0.0245. The molecule has 0 spiro atoms. The van der Waals surface area contributed by atoms with Crippen molar-refractivity contribution in [1.82, 2.24) is 5.32 Å². The largest absolute Gasteiger partial charge is 0.496 e. The van der Waals surface area contributed by atoms with Crippen LogP contribution in [0.25, 0.3) is 16.8 Å². The van der Waals surface area contributed by atoms with Gasteiger partial charge in [0.05, 0.1) is 7.11 Å². The molecule has 0 aliphatic heterocycles. The van der Waals surface area contributed by atoms with Gasteiger partial charge in [-0.3, -0.25) is 4.79 Å². The maximum Gasteiger partial charge on any atom is 0.262 e. The maximum absolute atomic E-state index is 12.0. The molecule has 2 aromatic carbocycles. The highest BCUT2D eigenvalue weighted by atomic mass is 16.5. The Kier molecular flexibility index (Phi) is 4.94. The number of nitrogens with zero attached hydrogens (tertiary/aromatic N) is 1. The van der Waals surface area contributed by atoms with E-state index >= 15 is 0 Å². The molecule has 0 aliphatic carbocycles. The molecule has 0 saturated heterocycles. The van der Waals surface area contributed by atoms with E-state index < -0.39 is 5.91 Å². The Bertz CT molecular complexity index is 785. The third-order valence-corrected chi connectivity index (χ3v) is 3.21. The Balaban J connectivity index is 2.57. The topological polar surface area (TPSA) is 62.1 Å². The van der Waals surface area contributed by atoms with Crippen LogP contribution in [0.1, 0.15) is 5.56 Å². The van der Waals surface area contributed by atoms with Crippen LogP contribution in [0.3, 0.4) is 0 Å². The third-order valence-electron chi connectivity index (χ3n) is 3.21. The number of carbonyl (C=O) groups is 1. The van der Waals surface area contributed by atoms with Crippen molar-refractivity contribution >= 4 is 22.8 Å². The molecule has 4 nitrogen and oxygen atoms in total. The van der Waals surface area contributed by atoms with Crippen molar-refractivity contribution in [3.8, 4) is 11.8 Å². The van der Waals surface area contributed by atoms with Gasteiger partial charge in [0, 0.05) is 12.1 Å². The number of methoxy groups -OCH3 is 1. The summed E-state index contributed by atoms with van der Waals surface area (Å²) in [6.45, 7) is 3.84. The summed E-state index contributed by atoms with van der Waals surface area (Å²) >= 11 is 0. The molecule has 0 heterocycles. The number of rotatable bonds is 5. The third kappa shape index (κ3) is 3.15. The number of hydrogen-bond donors (Lipinski definition) is 1. The van der Waals surface area contributed by atoms with Crippen LogP contribution in [-0.2, 0) is 4.79 Å². The van der Waals surface area contributed by atoms with Crippen molar-refractivity contribution in [3.05, 3.63) is 60.2 Å².